The van der Waals surface area contributed by atoms with Gasteiger partial charge in [0.15, 0.2) is 0 Å². The molecule has 0 spiro atoms. The van der Waals surface area contributed by atoms with E-state index in [-0.39, 0.29) is 6.09 Å². The van der Waals surface area contributed by atoms with Gasteiger partial charge in [0.1, 0.15) is 5.60 Å². The van der Waals surface area contributed by atoms with Crippen LogP contribution in [0.4, 0.5) is 10.5 Å². The number of nitrogens with one attached hydrogen (secondary N) is 1. The zero-order valence-corrected chi connectivity index (χ0v) is 18.3. The third-order valence-electron chi connectivity index (χ3n) is 6.66. The van der Waals surface area contributed by atoms with Crippen molar-refractivity contribution in [3.8, 4) is 0 Å². The fourth-order valence-electron chi connectivity index (χ4n) is 5.19. The van der Waals surface area contributed by atoms with Gasteiger partial charge in [-0.05, 0) is 83.5 Å². The van der Waals surface area contributed by atoms with Crippen LogP contribution in [0.2, 0.25) is 0 Å². The summed E-state index contributed by atoms with van der Waals surface area (Å²) in [7, 11) is 0. The predicted octanol–water partition coefficient (Wildman–Crippen LogP) is 5.19. The lowest BCUT2D eigenvalue weighted by Gasteiger charge is -2.35. The van der Waals surface area contributed by atoms with Crippen molar-refractivity contribution in [2.24, 2.45) is 0 Å². The van der Waals surface area contributed by atoms with Crippen molar-refractivity contribution in [3.05, 3.63) is 29.8 Å². The van der Waals surface area contributed by atoms with Crippen LogP contribution < -0.4 is 5.32 Å². The maximum atomic E-state index is 12.2. The second-order valence-corrected chi connectivity index (χ2v) is 9.99. The number of nitrogens with zero attached hydrogens (tertiary/aromatic N) is 2. The van der Waals surface area contributed by atoms with E-state index in [1.165, 1.54) is 49.9 Å². The quantitative estimate of drug-likeness (QED) is 0.760. The molecule has 4 rings (SSSR count). The van der Waals surface area contributed by atoms with Crippen LogP contribution in [0.25, 0.3) is 0 Å². The number of ether oxygens (including phenoxy) is 1. The number of hydrogen-bond donors (Lipinski definition) is 1. The molecule has 0 unspecified atom stereocenters. The van der Waals surface area contributed by atoms with E-state index in [0.29, 0.717) is 12.1 Å². The van der Waals surface area contributed by atoms with Crippen molar-refractivity contribution in [1.29, 1.82) is 0 Å². The smallest absolute Gasteiger partial charge is 0.410 e. The zero-order valence-electron chi connectivity index (χ0n) is 18.3. The molecule has 160 valence electrons. The Morgan fingerprint density at radius 2 is 1.69 bits per heavy atom. The summed E-state index contributed by atoms with van der Waals surface area (Å²) in [6, 6.07) is 11.0. The van der Waals surface area contributed by atoms with Gasteiger partial charge >= 0.3 is 6.09 Å². The van der Waals surface area contributed by atoms with E-state index in [0.717, 1.165) is 32.0 Å². The highest BCUT2D eigenvalue weighted by Gasteiger charge is 2.35. The van der Waals surface area contributed by atoms with E-state index < -0.39 is 5.60 Å². The molecule has 1 amide bonds. The van der Waals surface area contributed by atoms with Crippen molar-refractivity contribution in [2.45, 2.75) is 89.4 Å². The molecule has 29 heavy (non-hydrogen) atoms. The van der Waals surface area contributed by atoms with Gasteiger partial charge in [-0.3, -0.25) is 4.90 Å². The molecule has 0 aliphatic carbocycles. The maximum absolute atomic E-state index is 12.2. The summed E-state index contributed by atoms with van der Waals surface area (Å²) < 4.78 is 5.49. The number of benzene rings is 1. The maximum Gasteiger partial charge on any atom is 0.410 e. The van der Waals surface area contributed by atoms with Crippen molar-refractivity contribution in [3.63, 3.8) is 0 Å². The van der Waals surface area contributed by atoms with Crippen molar-refractivity contribution in [2.75, 3.05) is 25.0 Å². The summed E-state index contributed by atoms with van der Waals surface area (Å²) in [5, 5.41) is 3.67. The Hall–Kier alpha value is -1.75. The van der Waals surface area contributed by atoms with Gasteiger partial charge in [-0.25, -0.2) is 4.79 Å². The molecular weight excluding hydrogens is 362 g/mol. The minimum Gasteiger partial charge on any atom is -0.444 e. The molecule has 5 nitrogen and oxygen atoms in total. The van der Waals surface area contributed by atoms with Crippen LogP contribution in [0.1, 0.15) is 77.3 Å². The molecule has 2 atom stereocenters. The minimum absolute atomic E-state index is 0.187. The molecule has 1 N–H and O–H groups in total. The third kappa shape index (κ3) is 5.06. The van der Waals surface area contributed by atoms with E-state index in [1.807, 2.05) is 25.7 Å². The third-order valence-corrected chi connectivity index (χ3v) is 6.66. The Morgan fingerprint density at radius 3 is 2.38 bits per heavy atom. The number of rotatable bonds is 3. The number of fused-ring (bicyclic) bond motifs is 1. The molecule has 0 radical (unpaired) electrons. The van der Waals surface area contributed by atoms with Crippen LogP contribution in [0.15, 0.2) is 24.3 Å². The minimum atomic E-state index is -0.429. The summed E-state index contributed by atoms with van der Waals surface area (Å²) >= 11 is 0. The number of anilines is 1. The number of carbonyl (C=O) groups is 1. The lowest BCUT2D eigenvalue weighted by molar-refractivity contribution is 0.0210. The summed E-state index contributed by atoms with van der Waals surface area (Å²) in [5.74, 6) is 0. The molecule has 0 saturated carbocycles. The topological polar surface area (TPSA) is 44.8 Å². The molecule has 0 aromatic heterocycles. The second-order valence-electron chi connectivity index (χ2n) is 9.99. The highest BCUT2D eigenvalue weighted by Crippen LogP contribution is 2.40. The molecule has 5 heteroatoms. The standard InChI is InChI=1S/C24H37N3O2/c1-24(2,3)29-23(28)26-16-13-20(14-17-26)25-19-9-7-18(8-10-19)22-12-11-21-6-4-5-15-27(21)22/h7-10,20-22,25H,4-6,11-17H2,1-3H3/t21-,22-/m1/s1. The summed E-state index contributed by atoms with van der Waals surface area (Å²) in [5.41, 5.74) is 2.24. The Balaban J connectivity index is 1.27. The van der Waals surface area contributed by atoms with Gasteiger partial charge < -0.3 is 15.0 Å². The highest BCUT2D eigenvalue weighted by atomic mass is 16.6. The number of hydrogen-bond acceptors (Lipinski definition) is 4. The van der Waals surface area contributed by atoms with Crippen LogP contribution in [0.5, 0.6) is 0 Å². The summed E-state index contributed by atoms with van der Waals surface area (Å²) in [4.78, 5) is 16.8. The Labute approximate surface area is 175 Å². The molecule has 1 aromatic carbocycles. The van der Waals surface area contributed by atoms with Gasteiger partial charge in [0.05, 0.1) is 0 Å². The molecular formula is C24H37N3O2. The molecule has 3 heterocycles. The van der Waals surface area contributed by atoms with Gasteiger partial charge in [-0.1, -0.05) is 18.6 Å². The first-order valence-corrected chi connectivity index (χ1v) is 11.5. The molecule has 1 aromatic rings. The van der Waals surface area contributed by atoms with E-state index in [2.05, 4.69) is 34.5 Å². The Bertz CT molecular complexity index is 689. The van der Waals surface area contributed by atoms with Crippen LogP contribution >= 0.6 is 0 Å². The van der Waals surface area contributed by atoms with Gasteiger partial charge in [0.2, 0.25) is 0 Å². The van der Waals surface area contributed by atoms with E-state index in [9.17, 15) is 4.79 Å². The largest absolute Gasteiger partial charge is 0.444 e. The lowest BCUT2D eigenvalue weighted by atomic mass is 10.0. The Morgan fingerprint density at radius 1 is 0.966 bits per heavy atom. The SMILES string of the molecule is CC(C)(C)OC(=O)N1CCC(Nc2ccc([C@H]3CC[C@H]4CCCCN43)cc2)CC1. The number of piperidine rings is 2. The average molecular weight is 400 g/mol. The van der Waals surface area contributed by atoms with Crippen LogP contribution in [-0.2, 0) is 4.74 Å². The number of amides is 1. The van der Waals surface area contributed by atoms with Crippen molar-refractivity contribution >= 4 is 11.8 Å². The zero-order chi connectivity index (χ0) is 20.4. The van der Waals surface area contributed by atoms with Crippen LogP contribution in [0.3, 0.4) is 0 Å². The van der Waals surface area contributed by atoms with E-state index in [1.54, 1.807) is 0 Å². The predicted molar refractivity (Wildman–Crippen MR) is 117 cm³/mol. The van der Waals surface area contributed by atoms with Crippen LogP contribution in [0, 0.1) is 0 Å². The van der Waals surface area contributed by atoms with Crippen LogP contribution in [-0.4, -0.2) is 53.2 Å². The molecule has 3 saturated heterocycles. The first-order chi connectivity index (χ1) is 13.9. The first-order valence-electron chi connectivity index (χ1n) is 11.5. The monoisotopic (exact) mass is 399 g/mol. The van der Waals surface area contributed by atoms with Crippen molar-refractivity contribution < 1.29 is 9.53 Å². The number of likely N-dealkylation sites (tertiary alicyclic amines) is 1. The molecule has 0 bridgehead atoms. The second kappa shape index (κ2) is 8.55. The normalized spacial score (nSPS) is 26.2. The van der Waals surface area contributed by atoms with E-state index in [4.69, 9.17) is 4.74 Å². The van der Waals surface area contributed by atoms with Gasteiger partial charge in [-0.15, -0.1) is 0 Å². The first kappa shape index (κ1) is 20.5. The molecule has 3 aliphatic rings. The van der Waals surface area contributed by atoms with Gasteiger partial charge in [0.25, 0.3) is 0 Å². The van der Waals surface area contributed by atoms with Crippen molar-refractivity contribution in [1.82, 2.24) is 9.80 Å². The fraction of sp³-hybridized carbons (Fsp3) is 0.708. The average Bonchev–Trinajstić information content (AvgIpc) is 3.12. The van der Waals surface area contributed by atoms with E-state index >= 15 is 0 Å². The highest BCUT2D eigenvalue weighted by molar-refractivity contribution is 5.68. The summed E-state index contributed by atoms with van der Waals surface area (Å²) in [6.45, 7) is 8.53. The molecule has 3 fully saturated rings. The van der Waals surface area contributed by atoms with Gasteiger partial charge in [-0.2, -0.15) is 0 Å². The van der Waals surface area contributed by atoms with Gasteiger partial charge in [0, 0.05) is 36.9 Å². The summed E-state index contributed by atoms with van der Waals surface area (Å²) in [6.07, 6.45) is 8.54. The Kier molecular flexibility index (Phi) is 6.05. The lowest BCUT2D eigenvalue weighted by Crippen LogP contribution is -2.44. The fourth-order valence-corrected chi connectivity index (χ4v) is 5.19. The molecule has 3 aliphatic heterocycles. The number of carbonyl (C=O) groups excluding carboxylic acids is 1.